The average molecular weight is 379 g/mol. The SMILES string of the molecule is CNC(=O)C1CCN(S(=O)(=O)c2ccc3c(c2)CCCN3C(C)=O)CC1. The van der Waals surface area contributed by atoms with E-state index in [1.807, 2.05) is 0 Å². The molecular weight excluding hydrogens is 354 g/mol. The van der Waals surface area contributed by atoms with E-state index < -0.39 is 10.0 Å². The van der Waals surface area contributed by atoms with Crippen molar-refractivity contribution in [2.75, 3.05) is 31.6 Å². The number of anilines is 1. The fourth-order valence-corrected chi connectivity index (χ4v) is 5.29. The van der Waals surface area contributed by atoms with E-state index in [2.05, 4.69) is 5.32 Å². The number of amides is 2. The Labute approximate surface area is 154 Å². The summed E-state index contributed by atoms with van der Waals surface area (Å²) in [4.78, 5) is 25.5. The van der Waals surface area contributed by atoms with Crippen LogP contribution in [0.3, 0.4) is 0 Å². The van der Waals surface area contributed by atoms with Crippen molar-refractivity contribution >= 4 is 27.5 Å². The molecule has 142 valence electrons. The number of rotatable bonds is 3. The summed E-state index contributed by atoms with van der Waals surface area (Å²) in [7, 11) is -1.99. The Hall–Kier alpha value is -1.93. The van der Waals surface area contributed by atoms with E-state index in [1.165, 1.54) is 11.2 Å². The zero-order valence-electron chi connectivity index (χ0n) is 15.2. The van der Waals surface area contributed by atoms with Crippen molar-refractivity contribution in [1.29, 1.82) is 0 Å². The zero-order chi connectivity index (χ0) is 18.9. The van der Waals surface area contributed by atoms with Crippen LogP contribution >= 0.6 is 0 Å². The highest BCUT2D eigenvalue weighted by Crippen LogP contribution is 2.31. The van der Waals surface area contributed by atoms with Gasteiger partial charge in [-0.05, 0) is 49.4 Å². The van der Waals surface area contributed by atoms with Crippen molar-refractivity contribution in [3.63, 3.8) is 0 Å². The summed E-state index contributed by atoms with van der Waals surface area (Å²) in [5.74, 6) is -0.183. The molecule has 26 heavy (non-hydrogen) atoms. The number of hydrogen-bond acceptors (Lipinski definition) is 4. The van der Waals surface area contributed by atoms with Crippen molar-refractivity contribution in [2.24, 2.45) is 5.92 Å². The summed E-state index contributed by atoms with van der Waals surface area (Å²) in [5, 5.41) is 2.63. The Morgan fingerprint density at radius 2 is 1.85 bits per heavy atom. The van der Waals surface area contributed by atoms with Crippen LogP contribution in [0.2, 0.25) is 0 Å². The third-order valence-corrected chi connectivity index (χ3v) is 7.15. The van der Waals surface area contributed by atoms with Crippen LogP contribution in [0.1, 0.15) is 31.7 Å². The predicted molar refractivity (Wildman–Crippen MR) is 98.3 cm³/mol. The lowest BCUT2D eigenvalue weighted by Gasteiger charge is -2.31. The highest BCUT2D eigenvalue weighted by Gasteiger charge is 2.32. The largest absolute Gasteiger partial charge is 0.359 e. The van der Waals surface area contributed by atoms with Gasteiger partial charge in [-0.25, -0.2) is 8.42 Å². The minimum Gasteiger partial charge on any atom is -0.359 e. The summed E-state index contributed by atoms with van der Waals surface area (Å²) < 4.78 is 27.4. The molecule has 8 heteroatoms. The standard InChI is InChI=1S/C18H25N3O4S/c1-13(22)21-9-3-4-15-12-16(5-6-17(15)21)26(24,25)20-10-7-14(8-11-20)18(23)19-2/h5-6,12,14H,3-4,7-11H2,1-2H3,(H,19,23). The number of carbonyl (C=O) groups excluding carboxylic acids is 2. The molecule has 2 heterocycles. The molecule has 0 bridgehead atoms. The average Bonchev–Trinajstić information content (AvgIpc) is 2.66. The highest BCUT2D eigenvalue weighted by atomic mass is 32.2. The molecule has 2 aliphatic rings. The molecule has 3 rings (SSSR count). The summed E-state index contributed by atoms with van der Waals surface area (Å²) >= 11 is 0. The van der Waals surface area contributed by atoms with E-state index >= 15 is 0 Å². The Balaban J connectivity index is 1.81. The van der Waals surface area contributed by atoms with Gasteiger partial charge in [0.2, 0.25) is 21.8 Å². The van der Waals surface area contributed by atoms with Gasteiger partial charge in [0.15, 0.2) is 0 Å². The van der Waals surface area contributed by atoms with Crippen LogP contribution in [-0.2, 0) is 26.0 Å². The first-order valence-electron chi connectivity index (χ1n) is 8.97. The van der Waals surface area contributed by atoms with Crippen LogP contribution in [0.25, 0.3) is 0 Å². The van der Waals surface area contributed by atoms with E-state index in [-0.39, 0.29) is 22.6 Å². The second-order valence-corrected chi connectivity index (χ2v) is 8.80. The van der Waals surface area contributed by atoms with Gasteiger partial charge in [-0.2, -0.15) is 4.31 Å². The fraction of sp³-hybridized carbons (Fsp3) is 0.556. The van der Waals surface area contributed by atoms with Gasteiger partial charge in [-0.15, -0.1) is 0 Å². The minimum absolute atomic E-state index is 0.0276. The summed E-state index contributed by atoms with van der Waals surface area (Å²) in [6, 6.07) is 5.02. The first-order valence-corrected chi connectivity index (χ1v) is 10.4. The van der Waals surface area contributed by atoms with E-state index in [9.17, 15) is 18.0 Å². The molecule has 7 nitrogen and oxygen atoms in total. The van der Waals surface area contributed by atoms with E-state index in [0.29, 0.717) is 32.5 Å². The third-order valence-electron chi connectivity index (χ3n) is 5.26. The molecule has 0 unspecified atom stereocenters. The lowest BCUT2D eigenvalue weighted by Crippen LogP contribution is -2.42. The smallest absolute Gasteiger partial charge is 0.243 e. The molecule has 1 aromatic rings. The van der Waals surface area contributed by atoms with Crippen molar-refractivity contribution in [3.8, 4) is 0 Å². The van der Waals surface area contributed by atoms with Crippen LogP contribution in [0, 0.1) is 5.92 Å². The molecule has 1 aromatic carbocycles. The zero-order valence-corrected chi connectivity index (χ0v) is 16.0. The molecule has 0 radical (unpaired) electrons. The fourth-order valence-electron chi connectivity index (χ4n) is 3.77. The molecule has 0 aliphatic carbocycles. The van der Waals surface area contributed by atoms with Gasteiger partial charge in [0.1, 0.15) is 0 Å². The van der Waals surface area contributed by atoms with Crippen molar-refractivity contribution in [2.45, 2.75) is 37.5 Å². The highest BCUT2D eigenvalue weighted by molar-refractivity contribution is 7.89. The Bertz CT molecular complexity index is 814. The summed E-state index contributed by atoms with van der Waals surface area (Å²) in [6.07, 6.45) is 2.65. The van der Waals surface area contributed by atoms with Gasteiger partial charge in [0.05, 0.1) is 4.90 Å². The number of nitrogens with one attached hydrogen (secondary N) is 1. The van der Waals surface area contributed by atoms with Gasteiger partial charge in [-0.1, -0.05) is 0 Å². The van der Waals surface area contributed by atoms with Gasteiger partial charge < -0.3 is 10.2 Å². The van der Waals surface area contributed by atoms with Crippen LogP contribution in [0.4, 0.5) is 5.69 Å². The van der Waals surface area contributed by atoms with Crippen LogP contribution in [-0.4, -0.2) is 51.2 Å². The topological polar surface area (TPSA) is 86.8 Å². The molecule has 1 saturated heterocycles. The maximum Gasteiger partial charge on any atom is 0.243 e. The number of piperidine rings is 1. The first kappa shape index (κ1) is 18.8. The number of sulfonamides is 1. The van der Waals surface area contributed by atoms with E-state index in [4.69, 9.17) is 0 Å². The quantitative estimate of drug-likeness (QED) is 0.853. The number of nitrogens with zero attached hydrogens (tertiary/aromatic N) is 2. The number of fused-ring (bicyclic) bond motifs is 1. The predicted octanol–water partition coefficient (Wildman–Crippen LogP) is 1.13. The molecule has 0 aromatic heterocycles. The number of hydrogen-bond donors (Lipinski definition) is 1. The Kier molecular flexibility index (Phi) is 5.34. The maximum atomic E-state index is 13.0. The Morgan fingerprint density at radius 3 is 2.46 bits per heavy atom. The molecule has 1 fully saturated rings. The monoisotopic (exact) mass is 379 g/mol. The number of aryl methyl sites for hydroxylation is 1. The lowest BCUT2D eigenvalue weighted by molar-refractivity contribution is -0.125. The van der Waals surface area contributed by atoms with Crippen LogP contribution in [0.15, 0.2) is 23.1 Å². The third kappa shape index (κ3) is 3.48. The van der Waals surface area contributed by atoms with Crippen molar-refractivity contribution < 1.29 is 18.0 Å². The molecular formula is C18H25N3O4S. The molecule has 0 atom stereocenters. The van der Waals surface area contributed by atoms with E-state index in [1.54, 1.807) is 30.1 Å². The second kappa shape index (κ2) is 7.36. The Morgan fingerprint density at radius 1 is 1.15 bits per heavy atom. The van der Waals surface area contributed by atoms with Gasteiger partial charge in [-0.3, -0.25) is 9.59 Å². The normalized spacial score (nSPS) is 19.1. The maximum absolute atomic E-state index is 13.0. The van der Waals surface area contributed by atoms with Crippen LogP contribution < -0.4 is 10.2 Å². The lowest BCUT2D eigenvalue weighted by atomic mass is 9.97. The molecule has 2 aliphatic heterocycles. The van der Waals surface area contributed by atoms with Crippen molar-refractivity contribution in [1.82, 2.24) is 9.62 Å². The van der Waals surface area contributed by atoms with Gasteiger partial charge in [0.25, 0.3) is 0 Å². The second-order valence-electron chi connectivity index (χ2n) is 6.86. The molecule has 2 amide bonds. The van der Waals surface area contributed by atoms with Crippen LogP contribution in [0.5, 0.6) is 0 Å². The van der Waals surface area contributed by atoms with Gasteiger partial charge >= 0.3 is 0 Å². The van der Waals surface area contributed by atoms with Gasteiger partial charge in [0, 0.05) is 45.2 Å². The number of benzene rings is 1. The number of carbonyl (C=O) groups is 2. The first-order chi connectivity index (χ1) is 12.3. The summed E-state index contributed by atoms with van der Waals surface area (Å²) in [6.45, 7) is 2.88. The summed E-state index contributed by atoms with van der Waals surface area (Å²) in [5.41, 5.74) is 1.70. The van der Waals surface area contributed by atoms with Crippen molar-refractivity contribution in [3.05, 3.63) is 23.8 Å². The molecule has 1 N–H and O–H groups in total. The molecule has 0 spiro atoms. The minimum atomic E-state index is -3.59. The van der Waals surface area contributed by atoms with E-state index in [0.717, 1.165) is 24.1 Å². The molecule has 0 saturated carbocycles.